The van der Waals surface area contributed by atoms with E-state index in [1.54, 1.807) is 0 Å². The van der Waals surface area contributed by atoms with Crippen molar-refractivity contribution in [1.82, 2.24) is 5.48 Å². The Morgan fingerprint density at radius 2 is 2.24 bits per heavy atom. The first-order chi connectivity index (χ1) is 8.09. The number of nitrogens with one attached hydrogen (secondary N) is 1. The van der Waals surface area contributed by atoms with Gasteiger partial charge >= 0.3 is 5.97 Å². The zero-order valence-electron chi connectivity index (χ0n) is 10.1. The average molecular weight is 242 g/mol. The Balaban J connectivity index is 2.08. The first-order valence-corrected chi connectivity index (χ1v) is 6.49. The van der Waals surface area contributed by atoms with Crippen molar-refractivity contribution in [1.29, 1.82) is 0 Å². The monoisotopic (exact) mass is 242 g/mol. The second-order valence-corrected chi connectivity index (χ2v) is 5.56. The van der Waals surface area contributed by atoms with E-state index >= 15 is 0 Å². The van der Waals surface area contributed by atoms with Crippen LogP contribution in [-0.4, -0.2) is 28.4 Å². The summed E-state index contributed by atoms with van der Waals surface area (Å²) >= 11 is 0. The van der Waals surface area contributed by atoms with Gasteiger partial charge in [-0.3, -0.25) is 4.79 Å². The number of hydrogen-bond acceptors (Lipinski definition) is 4. The molecule has 17 heavy (non-hydrogen) atoms. The van der Waals surface area contributed by atoms with Crippen molar-refractivity contribution in [3.63, 3.8) is 0 Å². The third-order valence-electron chi connectivity index (χ3n) is 4.70. The molecule has 0 spiro atoms. The lowest BCUT2D eigenvalue weighted by molar-refractivity contribution is -0.145. The molecule has 0 saturated heterocycles. The van der Waals surface area contributed by atoms with Crippen LogP contribution in [0.2, 0.25) is 0 Å². The molecule has 0 aromatic carbocycles. The lowest BCUT2D eigenvalue weighted by atomic mass is 9.79. The highest BCUT2D eigenvalue weighted by Gasteiger charge is 2.56. The van der Waals surface area contributed by atoms with Gasteiger partial charge in [-0.2, -0.15) is 0 Å². The van der Waals surface area contributed by atoms with Crippen molar-refractivity contribution < 1.29 is 15.1 Å². The molecule has 4 atom stereocenters. The maximum atomic E-state index is 11.4. The molecule has 0 aromatic rings. The lowest BCUT2D eigenvalue weighted by Crippen LogP contribution is -2.52. The van der Waals surface area contributed by atoms with Crippen LogP contribution in [0, 0.1) is 17.8 Å². The fraction of sp³-hybridized carbons (Fsp3) is 0.917. The largest absolute Gasteiger partial charge is 0.480 e. The molecule has 0 aliphatic heterocycles. The topological polar surface area (TPSA) is 95.6 Å². The van der Waals surface area contributed by atoms with Gasteiger partial charge in [0.15, 0.2) is 0 Å². The van der Waals surface area contributed by atoms with E-state index in [0.29, 0.717) is 24.8 Å². The second-order valence-electron chi connectivity index (χ2n) is 5.56. The van der Waals surface area contributed by atoms with Crippen LogP contribution >= 0.6 is 0 Å². The van der Waals surface area contributed by atoms with Crippen LogP contribution in [-0.2, 0) is 4.79 Å². The van der Waals surface area contributed by atoms with Gasteiger partial charge in [-0.1, -0.05) is 12.8 Å². The second kappa shape index (κ2) is 4.92. The van der Waals surface area contributed by atoms with Gasteiger partial charge in [0, 0.05) is 6.54 Å². The molecular weight excluding hydrogens is 220 g/mol. The number of carboxylic acid groups (broad SMARTS) is 1. The Morgan fingerprint density at radius 3 is 2.88 bits per heavy atom. The molecule has 4 unspecified atom stereocenters. The van der Waals surface area contributed by atoms with E-state index in [1.165, 1.54) is 6.42 Å². The third kappa shape index (κ3) is 2.19. The first-order valence-electron chi connectivity index (χ1n) is 6.49. The number of hydrogen-bond donors (Lipinski definition) is 4. The summed E-state index contributed by atoms with van der Waals surface area (Å²) in [6, 6.07) is 0. The minimum atomic E-state index is -1.04. The van der Waals surface area contributed by atoms with Gasteiger partial charge in [0.1, 0.15) is 5.54 Å². The molecule has 5 N–H and O–H groups in total. The molecule has 5 heteroatoms. The van der Waals surface area contributed by atoms with Crippen molar-refractivity contribution in [3.8, 4) is 0 Å². The highest BCUT2D eigenvalue weighted by atomic mass is 16.5. The minimum Gasteiger partial charge on any atom is -0.480 e. The Hall–Kier alpha value is -0.650. The minimum absolute atomic E-state index is 0.0702. The third-order valence-corrected chi connectivity index (χ3v) is 4.70. The van der Waals surface area contributed by atoms with E-state index in [0.717, 1.165) is 25.7 Å². The highest BCUT2D eigenvalue weighted by Crippen LogP contribution is 2.53. The summed E-state index contributed by atoms with van der Waals surface area (Å²) in [6.45, 7) is 0.504. The molecule has 0 aromatic heterocycles. The molecule has 2 saturated carbocycles. The summed E-state index contributed by atoms with van der Waals surface area (Å²) in [7, 11) is 0. The van der Waals surface area contributed by atoms with Gasteiger partial charge < -0.3 is 16.0 Å². The first kappa shape index (κ1) is 12.8. The zero-order chi connectivity index (χ0) is 12.5. The van der Waals surface area contributed by atoms with Crippen LogP contribution in [0.4, 0.5) is 0 Å². The van der Waals surface area contributed by atoms with E-state index in [2.05, 4.69) is 5.48 Å². The van der Waals surface area contributed by atoms with Crippen molar-refractivity contribution in [2.75, 3.05) is 6.54 Å². The van der Waals surface area contributed by atoms with Crippen molar-refractivity contribution in [2.45, 2.75) is 44.1 Å². The normalized spacial score (nSPS) is 40.5. The molecule has 98 valence electrons. The number of rotatable bonds is 5. The van der Waals surface area contributed by atoms with E-state index in [-0.39, 0.29) is 5.92 Å². The maximum absolute atomic E-state index is 11.4. The van der Waals surface area contributed by atoms with Gasteiger partial charge in [0.05, 0.1) is 0 Å². The molecule has 2 aliphatic carbocycles. The number of fused-ring (bicyclic) bond motifs is 1. The zero-order valence-corrected chi connectivity index (χ0v) is 10.1. The standard InChI is InChI=1S/C12H22N2O3/c13-12(11(15)16)7-8-3-1-4-9(8)10(12)5-2-6-14-17/h8-10,14,17H,1-7,13H2,(H,15,16). The Morgan fingerprint density at radius 1 is 1.47 bits per heavy atom. The van der Waals surface area contributed by atoms with Crippen LogP contribution in [0.5, 0.6) is 0 Å². The Kier molecular flexibility index (Phi) is 3.70. The number of aliphatic carboxylic acids is 1. The lowest BCUT2D eigenvalue weighted by Gasteiger charge is -2.30. The molecule has 2 aliphatic rings. The van der Waals surface area contributed by atoms with Crippen molar-refractivity contribution >= 4 is 5.97 Å². The van der Waals surface area contributed by atoms with E-state index in [1.807, 2.05) is 0 Å². The van der Waals surface area contributed by atoms with Gasteiger partial charge in [-0.25, -0.2) is 5.48 Å². The number of carbonyl (C=O) groups is 1. The smallest absolute Gasteiger partial charge is 0.323 e. The summed E-state index contributed by atoms with van der Waals surface area (Å²) in [4.78, 5) is 11.4. The predicted octanol–water partition coefficient (Wildman–Crippen LogP) is 0.964. The fourth-order valence-corrected chi connectivity index (χ4v) is 3.93. The van der Waals surface area contributed by atoms with Crippen LogP contribution in [0.1, 0.15) is 38.5 Å². The predicted molar refractivity (Wildman–Crippen MR) is 62.5 cm³/mol. The molecular formula is C12H22N2O3. The van der Waals surface area contributed by atoms with Gasteiger partial charge in [-0.05, 0) is 43.4 Å². The van der Waals surface area contributed by atoms with Crippen molar-refractivity contribution in [2.24, 2.45) is 23.5 Å². The summed E-state index contributed by atoms with van der Waals surface area (Å²) < 4.78 is 0. The molecule has 0 bridgehead atoms. The molecule has 2 fully saturated rings. The number of hydroxylamine groups is 1. The Bertz CT molecular complexity index is 297. The van der Waals surface area contributed by atoms with E-state index in [4.69, 9.17) is 10.9 Å². The molecule has 0 amide bonds. The van der Waals surface area contributed by atoms with Gasteiger partial charge in [0.25, 0.3) is 0 Å². The molecule has 0 radical (unpaired) electrons. The number of nitrogens with two attached hydrogens (primary N) is 1. The fourth-order valence-electron chi connectivity index (χ4n) is 3.93. The quantitative estimate of drug-likeness (QED) is 0.425. The summed E-state index contributed by atoms with van der Waals surface area (Å²) in [5.41, 5.74) is 7.22. The number of carboxylic acids is 1. The van der Waals surface area contributed by atoms with Gasteiger partial charge in [-0.15, -0.1) is 0 Å². The summed E-state index contributed by atoms with van der Waals surface area (Å²) in [5, 5.41) is 17.9. The molecule has 2 rings (SSSR count). The SMILES string of the molecule is NC1(C(=O)O)CC2CCCC2C1CCCNO. The highest BCUT2D eigenvalue weighted by molar-refractivity contribution is 5.79. The van der Waals surface area contributed by atoms with Crippen LogP contribution in [0.25, 0.3) is 0 Å². The van der Waals surface area contributed by atoms with Crippen LogP contribution in [0.15, 0.2) is 0 Å². The van der Waals surface area contributed by atoms with Gasteiger partial charge in [0.2, 0.25) is 0 Å². The van der Waals surface area contributed by atoms with Crippen LogP contribution < -0.4 is 11.2 Å². The molecule has 5 nitrogen and oxygen atoms in total. The average Bonchev–Trinajstić information content (AvgIpc) is 2.80. The summed E-state index contributed by atoms with van der Waals surface area (Å²) in [6.07, 6.45) is 5.65. The van der Waals surface area contributed by atoms with Crippen LogP contribution in [0.3, 0.4) is 0 Å². The van der Waals surface area contributed by atoms with Crippen molar-refractivity contribution in [3.05, 3.63) is 0 Å². The Labute approximate surface area is 101 Å². The summed E-state index contributed by atoms with van der Waals surface area (Å²) in [5.74, 6) is 0.202. The molecule has 0 heterocycles. The van der Waals surface area contributed by atoms with E-state index in [9.17, 15) is 9.90 Å². The van der Waals surface area contributed by atoms with E-state index < -0.39 is 11.5 Å². The maximum Gasteiger partial charge on any atom is 0.323 e.